The maximum atomic E-state index is 11.9. The minimum Gasteiger partial charge on any atom is -0.393 e. The topological polar surface area (TPSA) is 64.8 Å². The highest BCUT2D eigenvalue weighted by Gasteiger charge is 2.28. The Labute approximate surface area is 114 Å². The molecule has 19 heavy (non-hydrogen) atoms. The molecule has 0 radical (unpaired) electrons. The molecule has 0 aliphatic rings. The number of hydrogen-bond donors (Lipinski definition) is 1. The number of halogens is 3. The quantitative estimate of drug-likeness (QED) is 0.636. The van der Waals surface area contributed by atoms with Crippen molar-refractivity contribution >= 4 is 23.1 Å². The molecule has 0 saturated heterocycles. The van der Waals surface area contributed by atoms with Crippen LogP contribution in [0.3, 0.4) is 0 Å². The molecule has 112 valence electrons. The van der Waals surface area contributed by atoms with E-state index in [-0.39, 0.29) is 24.7 Å². The van der Waals surface area contributed by atoms with Crippen LogP contribution in [-0.2, 0) is 14.3 Å². The van der Waals surface area contributed by atoms with Gasteiger partial charge in [0.1, 0.15) is 13.2 Å². The average molecular weight is 302 g/mol. The van der Waals surface area contributed by atoms with Crippen LogP contribution in [0.4, 0.5) is 13.2 Å². The summed E-state index contributed by atoms with van der Waals surface area (Å²) in [6, 6.07) is 0. The first-order chi connectivity index (χ1) is 8.76. The molecule has 0 unspecified atom stereocenters. The fraction of sp³-hybridized carbons (Fsp3) is 0.800. The van der Waals surface area contributed by atoms with Crippen molar-refractivity contribution in [3.63, 3.8) is 0 Å². The van der Waals surface area contributed by atoms with E-state index in [1.165, 1.54) is 12.0 Å². The highest BCUT2D eigenvalue weighted by Crippen LogP contribution is 2.14. The third-order valence-electron chi connectivity index (χ3n) is 2.04. The number of ether oxygens (including phenoxy) is 2. The van der Waals surface area contributed by atoms with Crippen LogP contribution in [0.15, 0.2) is 0 Å². The zero-order chi connectivity index (χ0) is 14.9. The van der Waals surface area contributed by atoms with E-state index in [1.54, 1.807) is 0 Å². The summed E-state index contributed by atoms with van der Waals surface area (Å²) in [5.74, 6) is -0.558. The van der Waals surface area contributed by atoms with Crippen LogP contribution in [0.5, 0.6) is 0 Å². The van der Waals surface area contributed by atoms with Gasteiger partial charge in [-0.3, -0.25) is 4.79 Å². The minimum atomic E-state index is -4.45. The lowest BCUT2D eigenvalue weighted by Gasteiger charge is -2.22. The number of nitrogens with two attached hydrogens (primary N) is 1. The number of rotatable bonds is 9. The molecule has 0 aromatic rings. The summed E-state index contributed by atoms with van der Waals surface area (Å²) in [7, 11) is 1.45. The number of nitrogens with zero attached hydrogens (tertiary/aromatic N) is 1. The molecule has 0 aromatic carbocycles. The van der Waals surface area contributed by atoms with Crippen molar-refractivity contribution in [3.05, 3.63) is 0 Å². The number of thiocarbonyl (C=S) groups is 1. The lowest BCUT2D eigenvalue weighted by molar-refractivity contribution is -0.177. The molecule has 0 aromatic heterocycles. The predicted octanol–water partition coefficient (Wildman–Crippen LogP) is 0.717. The van der Waals surface area contributed by atoms with E-state index in [1.807, 2.05) is 0 Å². The van der Waals surface area contributed by atoms with Gasteiger partial charge in [0.15, 0.2) is 0 Å². The summed E-state index contributed by atoms with van der Waals surface area (Å²) < 4.78 is 44.7. The SMILES string of the molecule is COCCN(CCC(N)=S)C(=O)COCC(F)(F)F. The standard InChI is InChI=1S/C10H17F3N2O3S/c1-17-5-4-15(3-2-8(14)19)9(16)6-18-7-10(11,12)13/h2-7H2,1H3,(H2,14,19). The van der Waals surface area contributed by atoms with Crippen molar-refractivity contribution in [1.29, 1.82) is 0 Å². The van der Waals surface area contributed by atoms with Crippen LogP contribution in [0.1, 0.15) is 6.42 Å². The number of alkyl halides is 3. The van der Waals surface area contributed by atoms with E-state index in [9.17, 15) is 18.0 Å². The molecule has 0 spiro atoms. The number of carbonyl (C=O) groups excluding carboxylic acids is 1. The molecular formula is C10H17F3N2O3S. The second-order valence-corrected chi connectivity index (χ2v) is 4.22. The third kappa shape index (κ3) is 10.7. The summed E-state index contributed by atoms with van der Waals surface area (Å²) in [4.78, 5) is 13.2. The van der Waals surface area contributed by atoms with Gasteiger partial charge in [-0.25, -0.2) is 0 Å². The molecule has 0 heterocycles. The van der Waals surface area contributed by atoms with Crippen molar-refractivity contribution < 1.29 is 27.4 Å². The van der Waals surface area contributed by atoms with Crippen LogP contribution in [0, 0.1) is 0 Å². The Hall–Kier alpha value is -0.930. The molecule has 0 bridgehead atoms. The van der Waals surface area contributed by atoms with Crippen LogP contribution in [-0.4, -0.2) is 62.0 Å². The second-order valence-electron chi connectivity index (χ2n) is 3.70. The number of amides is 1. The van der Waals surface area contributed by atoms with Crippen molar-refractivity contribution in [2.45, 2.75) is 12.6 Å². The van der Waals surface area contributed by atoms with Crippen molar-refractivity contribution in [2.24, 2.45) is 5.73 Å². The van der Waals surface area contributed by atoms with Crippen LogP contribution in [0.25, 0.3) is 0 Å². The van der Waals surface area contributed by atoms with Gasteiger partial charge in [-0.05, 0) is 0 Å². The van der Waals surface area contributed by atoms with Crippen LogP contribution < -0.4 is 5.73 Å². The molecule has 5 nitrogen and oxygen atoms in total. The lowest BCUT2D eigenvalue weighted by atomic mass is 10.3. The van der Waals surface area contributed by atoms with Crippen LogP contribution in [0.2, 0.25) is 0 Å². The number of hydrogen-bond acceptors (Lipinski definition) is 4. The largest absolute Gasteiger partial charge is 0.411 e. The van der Waals surface area contributed by atoms with Gasteiger partial charge in [0.05, 0.1) is 11.6 Å². The molecule has 0 rings (SSSR count). The molecule has 9 heteroatoms. The zero-order valence-electron chi connectivity index (χ0n) is 10.5. The molecule has 0 fully saturated rings. The van der Waals surface area contributed by atoms with Gasteiger partial charge in [-0.2, -0.15) is 13.2 Å². The third-order valence-corrected chi connectivity index (χ3v) is 2.24. The maximum absolute atomic E-state index is 11.9. The van der Waals surface area contributed by atoms with E-state index in [2.05, 4.69) is 17.0 Å². The van der Waals surface area contributed by atoms with E-state index >= 15 is 0 Å². The Morgan fingerprint density at radius 3 is 2.47 bits per heavy atom. The molecule has 2 N–H and O–H groups in total. The molecule has 0 aliphatic heterocycles. The monoisotopic (exact) mass is 302 g/mol. The van der Waals surface area contributed by atoms with Gasteiger partial charge in [-0.15, -0.1) is 0 Å². The summed E-state index contributed by atoms with van der Waals surface area (Å²) in [6.45, 7) is -1.35. The Morgan fingerprint density at radius 1 is 1.37 bits per heavy atom. The van der Waals surface area contributed by atoms with Gasteiger partial charge < -0.3 is 20.1 Å². The summed E-state index contributed by atoms with van der Waals surface area (Å²) in [6.07, 6.45) is -4.15. The Bertz CT molecular complexity index is 300. The lowest BCUT2D eigenvalue weighted by Crippen LogP contribution is -2.39. The Balaban J connectivity index is 4.17. The fourth-order valence-corrected chi connectivity index (χ4v) is 1.24. The molecule has 0 atom stereocenters. The van der Waals surface area contributed by atoms with Gasteiger partial charge in [0.2, 0.25) is 5.91 Å². The summed E-state index contributed by atoms with van der Waals surface area (Å²) in [5.41, 5.74) is 5.31. The van der Waals surface area contributed by atoms with E-state index in [0.29, 0.717) is 6.42 Å². The first-order valence-electron chi connectivity index (χ1n) is 5.45. The molecule has 1 amide bonds. The highest BCUT2D eigenvalue weighted by atomic mass is 32.1. The van der Waals surface area contributed by atoms with E-state index in [0.717, 1.165) is 0 Å². The van der Waals surface area contributed by atoms with Crippen molar-refractivity contribution in [1.82, 2.24) is 4.90 Å². The number of carbonyl (C=O) groups is 1. The predicted molar refractivity (Wildman–Crippen MR) is 66.7 cm³/mol. The number of methoxy groups -OCH3 is 1. The van der Waals surface area contributed by atoms with E-state index < -0.39 is 25.3 Å². The fourth-order valence-electron chi connectivity index (χ4n) is 1.15. The van der Waals surface area contributed by atoms with Crippen molar-refractivity contribution in [2.75, 3.05) is 40.0 Å². The minimum absolute atomic E-state index is 0.228. The Morgan fingerprint density at radius 2 is 2.00 bits per heavy atom. The van der Waals surface area contributed by atoms with Gasteiger partial charge in [-0.1, -0.05) is 12.2 Å². The molecular weight excluding hydrogens is 285 g/mol. The summed E-state index contributed by atoms with van der Waals surface area (Å²) in [5, 5.41) is 0. The Kier molecular flexibility index (Phi) is 8.61. The highest BCUT2D eigenvalue weighted by molar-refractivity contribution is 7.80. The maximum Gasteiger partial charge on any atom is 0.411 e. The van der Waals surface area contributed by atoms with Crippen LogP contribution >= 0.6 is 12.2 Å². The second kappa shape index (κ2) is 9.05. The smallest absolute Gasteiger partial charge is 0.393 e. The van der Waals surface area contributed by atoms with E-state index in [4.69, 9.17) is 10.5 Å². The summed E-state index contributed by atoms with van der Waals surface area (Å²) >= 11 is 4.68. The molecule has 0 saturated carbocycles. The zero-order valence-corrected chi connectivity index (χ0v) is 11.4. The average Bonchev–Trinajstić information content (AvgIpc) is 2.26. The van der Waals surface area contributed by atoms with Gasteiger partial charge in [0.25, 0.3) is 0 Å². The normalized spacial score (nSPS) is 11.4. The van der Waals surface area contributed by atoms with Gasteiger partial charge >= 0.3 is 6.18 Å². The van der Waals surface area contributed by atoms with Crippen molar-refractivity contribution in [3.8, 4) is 0 Å². The first kappa shape index (κ1) is 18.1. The molecule has 0 aliphatic carbocycles. The van der Waals surface area contributed by atoms with Gasteiger partial charge in [0, 0.05) is 26.6 Å². The first-order valence-corrected chi connectivity index (χ1v) is 5.86.